The minimum Gasteiger partial charge on any atom is -0.467 e. The molecule has 0 saturated carbocycles. The molecule has 44 heavy (non-hydrogen) atoms. The number of carbonyl (C=O) groups is 2. The summed E-state index contributed by atoms with van der Waals surface area (Å²) in [6.45, 7) is 15.6. The number of carbonyl (C=O) groups excluding carboxylic acids is 2. The van der Waals surface area contributed by atoms with Crippen molar-refractivity contribution in [2.45, 2.75) is 96.6 Å². The minimum atomic E-state index is -1.35. The van der Waals surface area contributed by atoms with Crippen molar-refractivity contribution in [3.8, 4) is 11.1 Å². The van der Waals surface area contributed by atoms with E-state index in [0.29, 0.717) is 18.8 Å². The summed E-state index contributed by atoms with van der Waals surface area (Å²) in [5.74, 6) is -0.498. The van der Waals surface area contributed by atoms with Crippen LogP contribution in [0.1, 0.15) is 44.5 Å². The number of aryl methyl sites for hydroxylation is 2. The standard InChI is InChI=1S/C34H46N4O5Si/c1-23(34(31(39)41-5)20-25-11-9-10-12-30(25)38(34)32(40)43-33(2,3)4)35-26-14-15-27-24(19-26)13-16-29-28(27)21-37(36-29)22-42-17-18-44(6,7)8/h9-12,14-15,19,21,23,35H,13,16-18,20,22H2,1-8H3. The van der Waals surface area contributed by atoms with Gasteiger partial charge in [0.05, 0.1) is 24.5 Å². The molecule has 2 aliphatic rings. The quantitative estimate of drug-likeness (QED) is 0.163. The number of fused-ring (bicyclic) bond motifs is 4. The molecule has 1 amide bonds. The van der Waals surface area contributed by atoms with Crippen LogP contribution in [0.4, 0.5) is 16.2 Å². The molecule has 5 rings (SSSR count). The molecule has 0 saturated heterocycles. The van der Waals surface area contributed by atoms with Crippen molar-refractivity contribution in [3.63, 3.8) is 0 Å². The molecule has 236 valence electrons. The largest absolute Gasteiger partial charge is 0.467 e. The highest BCUT2D eigenvalue weighted by Crippen LogP contribution is 2.44. The second kappa shape index (κ2) is 12.0. The first-order chi connectivity index (χ1) is 20.7. The van der Waals surface area contributed by atoms with E-state index in [1.807, 2.05) is 62.7 Å². The molecule has 0 radical (unpaired) electrons. The minimum absolute atomic E-state index is 0.302. The number of amides is 1. The Kier molecular flexibility index (Phi) is 8.70. The first kappa shape index (κ1) is 31.8. The van der Waals surface area contributed by atoms with Crippen LogP contribution in [-0.4, -0.2) is 60.8 Å². The molecule has 2 heterocycles. The third-order valence-corrected chi connectivity index (χ3v) is 10.1. The summed E-state index contributed by atoms with van der Waals surface area (Å²) in [7, 11) is 0.223. The first-order valence-electron chi connectivity index (χ1n) is 15.5. The molecule has 2 unspecified atom stereocenters. The van der Waals surface area contributed by atoms with Gasteiger partial charge in [0, 0.05) is 38.5 Å². The lowest BCUT2D eigenvalue weighted by atomic mass is 9.85. The van der Waals surface area contributed by atoms with Gasteiger partial charge < -0.3 is 19.5 Å². The van der Waals surface area contributed by atoms with Crippen LogP contribution in [0.2, 0.25) is 25.7 Å². The smallest absolute Gasteiger partial charge is 0.415 e. The molecule has 1 N–H and O–H groups in total. The van der Waals surface area contributed by atoms with Gasteiger partial charge >= 0.3 is 12.1 Å². The zero-order valence-corrected chi connectivity index (χ0v) is 28.3. The third-order valence-electron chi connectivity index (χ3n) is 8.39. The average Bonchev–Trinajstić information content (AvgIpc) is 3.53. The number of aromatic nitrogens is 2. The topological polar surface area (TPSA) is 94.9 Å². The van der Waals surface area contributed by atoms with E-state index in [-0.39, 0.29) is 0 Å². The number of nitrogens with one attached hydrogen (secondary N) is 1. The van der Waals surface area contributed by atoms with Crippen molar-refractivity contribution in [2.75, 3.05) is 23.9 Å². The number of anilines is 2. The van der Waals surface area contributed by atoms with Gasteiger partial charge in [-0.1, -0.05) is 43.9 Å². The molecule has 0 bridgehead atoms. The summed E-state index contributed by atoms with van der Waals surface area (Å²) in [5.41, 5.74) is 4.90. The van der Waals surface area contributed by atoms with E-state index in [1.165, 1.54) is 17.6 Å². The van der Waals surface area contributed by atoms with Gasteiger partial charge in [0.1, 0.15) is 12.3 Å². The van der Waals surface area contributed by atoms with Gasteiger partial charge in [-0.15, -0.1) is 0 Å². The summed E-state index contributed by atoms with van der Waals surface area (Å²) in [4.78, 5) is 28.9. The molecule has 9 nitrogen and oxygen atoms in total. The maximum Gasteiger partial charge on any atom is 0.415 e. The van der Waals surface area contributed by atoms with Crippen LogP contribution < -0.4 is 10.2 Å². The Morgan fingerprint density at radius 2 is 1.82 bits per heavy atom. The fourth-order valence-electron chi connectivity index (χ4n) is 6.14. The summed E-state index contributed by atoms with van der Waals surface area (Å²) in [5, 5.41) is 8.36. The highest BCUT2D eigenvalue weighted by atomic mass is 28.3. The van der Waals surface area contributed by atoms with Crippen LogP contribution in [-0.2, 0) is 45.0 Å². The van der Waals surface area contributed by atoms with E-state index in [9.17, 15) is 9.59 Å². The van der Waals surface area contributed by atoms with Crippen LogP contribution >= 0.6 is 0 Å². The Balaban J connectivity index is 1.39. The fourth-order valence-corrected chi connectivity index (χ4v) is 6.90. The zero-order valence-electron chi connectivity index (χ0n) is 27.3. The van der Waals surface area contributed by atoms with Gasteiger partial charge in [-0.25, -0.2) is 14.3 Å². The number of para-hydroxylation sites is 1. The summed E-state index contributed by atoms with van der Waals surface area (Å²) >= 11 is 0. The van der Waals surface area contributed by atoms with Gasteiger partial charge in [-0.3, -0.25) is 4.90 Å². The third kappa shape index (κ3) is 6.42. The normalized spacial score (nSPS) is 18.2. The van der Waals surface area contributed by atoms with Gasteiger partial charge in [-0.05, 0) is 81.5 Å². The molecule has 0 fully saturated rings. The molecule has 1 aliphatic carbocycles. The van der Waals surface area contributed by atoms with Crippen LogP contribution in [0.25, 0.3) is 11.1 Å². The molecular weight excluding hydrogens is 572 g/mol. The molecule has 1 aliphatic heterocycles. The number of hydrogen-bond donors (Lipinski definition) is 1. The van der Waals surface area contributed by atoms with Crippen LogP contribution in [0.15, 0.2) is 48.7 Å². The number of methoxy groups -OCH3 is 1. The van der Waals surface area contributed by atoms with E-state index >= 15 is 0 Å². The van der Waals surface area contributed by atoms with E-state index in [4.69, 9.17) is 19.3 Å². The summed E-state index contributed by atoms with van der Waals surface area (Å²) in [6, 6.07) is 14.5. The molecular formula is C34H46N4O5Si. The lowest BCUT2D eigenvalue weighted by molar-refractivity contribution is -0.147. The Labute approximate surface area is 261 Å². The van der Waals surface area contributed by atoms with Crippen LogP contribution in [0.5, 0.6) is 0 Å². The number of rotatable bonds is 9. The second-order valence-corrected chi connectivity index (χ2v) is 19.8. The highest BCUT2D eigenvalue weighted by molar-refractivity contribution is 6.76. The number of esters is 1. The first-order valence-corrected chi connectivity index (χ1v) is 19.2. The number of ether oxygens (including phenoxy) is 3. The van der Waals surface area contributed by atoms with Crippen LogP contribution in [0.3, 0.4) is 0 Å². The maximum absolute atomic E-state index is 13.7. The predicted molar refractivity (Wildman–Crippen MR) is 176 cm³/mol. The van der Waals surface area contributed by atoms with E-state index in [1.54, 1.807) is 0 Å². The Morgan fingerprint density at radius 1 is 1.07 bits per heavy atom. The van der Waals surface area contributed by atoms with Crippen molar-refractivity contribution >= 4 is 31.5 Å². The second-order valence-electron chi connectivity index (χ2n) is 14.2. The molecule has 10 heteroatoms. The van der Waals surface area contributed by atoms with Gasteiger partial charge in [-0.2, -0.15) is 5.10 Å². The van der Waals surface area contributed by atoms with Crippen molar-refractivity contribution in [1.82, 2.24) is 9.78 Å². The van der Waals surface area contributed by atoms with E-state index in [0.717, 1.165) is 53.6 Å². The number of benzene rings is 2. The Hall–Kier alpha value is -3.63. The predicted octanol–water partition coefficient (Wildman–Crippen LogP) is 6.67. The van der Waals surface area contributed by atoms with Crippen LogP contribution in [0, 0.1) is 0 Å². The Bertz CT molecular complexity index is 1540. The number of hydrogen-bond acceptors (Lipinski definition) is 7. The maximum atomic E-state index is 13.7. The molecule has 0 spiro atoms. The summed E-state index contributed by atoms with van der Waals surface area (Å²) in [6.07, 6.45) is 3.50. The lowest BCUT2D eigenvalue weighted by Crippen LogP contribution is -2.65. The number of nitrogens with zero attached hydrogens (tertiary/aromatic N) is 3. The molecule has 3 aromatic rings. The fraction of sp³-hybridized carbons (Fsp3) is 0.500. The highest BCUT2D eigenvalue weighted by Gasteiger charge is 2.58. The van der Waals surface area contributed by atoms with Gasteiger partial charge in [0.2, 0.25) is 0 Å². The van der Waals surface area contributed by atoms with E-state index in [2.05, 4.69) is 43.3 Å². The van der Waals surface area contributed by atoms with Gasteiger partial charge in [0.15, 0.2) is 5.54 Å². The van der Waals surface area contributed by atoms with Crippen molar-refractivity contribution in [2.24, 2.45) is 0 Å². The van der Waals surface area contributed by atoms with Crippen molar-refractivity contribution in [3.05, 3.63) is 65.5 Å². The lowest BCUT2D eigenvalue weighted by Gasteiger charge is -2.41. The van der Waals surface area contributed by atoms with Gasteiger partial charge in [0.25, 0.3) is 0 Å². The zero-order chi connectivity index (χ0) is 31.9. The van der Waals surface area contributed by atoms with Crippen molar-refractivity contribution in [1.29, 1.82) is 0 Å². The SMILES string of the molecule is COC(=O)C1(C(C)Nc2ccc3c(c2)CCc2nn(COCC[Si](C)(C)C)cc2-3)Cc2ccccc2N1C(=O)OC(C)(C)C. The monoisotopic (exact) mass is 618 g/mol. The molecule has 2 aromatic carbocycles. The molecule has 1 aromatic heterocycles. The Morgan fingerprint density at radius 3 is 2.52 bits per heavy atom. The molecule has 2 atom stereocenters. The summed E-state index contributed by atoms with van der Waals surface area (Å²) < 4.78 is 19.0. The average molecular weight is 619 g/mol. The van der Waals surface area contributed by atoms with E-state index < -0.39 is 37.3 Å². The van der Waals surface area contributed by atoms with Crippen molar-refractivity contribution < 1.29 is 23.8 Å².